The van der Waals surface area contributed by atoms with Crippen molar-refractivity contribution in [3.8, 4) is 11.1 Å². The maximum atomic E-state index is 14.4. The van der Waals surface area contributed by atoms with E-state index >= 15 is 0 Å². The molecule has 12 nitrogen and oxygen atoms in total. The highest BCUT2D eigenvalue weighted by Gasteiger charge is 2.43. The van der Waals surface area contributed by atoms with E-state index in [0.717, 1.165) is 22.5 Å². The molecular weight excluding hydrogens is 626 g/mol. The summed E-state index contributed by atoms with van der Waals surface area (Å²) < 4.78 is 23.0. The van der Waals surface area contributed by atoms with Crippen LogP contribution in [-0.2, 0) is 35.0 Å². The predicted octanol–water partition coefficient (Wildman–Crippen LogP) is 5.08. The van der Waals surface area contributed by atoms with E-state index in [1.165, 1.54) is 0 Å². The molecule has 2 bridgehead atoms. The molecule has 46 heavy (non-hydrogen) atoms. The number of carbonyl (C=O) groups is 1. The highest BCUT2D eigenvalue weighted by Crippen LogP contribution is 2.38. The number of carbonyl (C=O) groups excluding carboxylic acids is 1. The number of halogens is 1. The Balaban J connectivity index is 1.43. The van der Waals surface area contributed by atoms with Crippen molar-refractivity contribution in [3.05, 3.63) is 39.9 Å². The van der Waals surface area contributed by atoms with E-state index in [1.807, 2.05) is 56.9 Å². The first-order chi connectivity index (χ1) is 21.6. The Kier molecular flexibility index (Phi) is 8.49. The van der Waals surface area contributed by atoms with E-state index in [9.17, 15) is 9.59 Å². The second-order valence-corrected chi connectivity index (χ2v) is 20.6. The monoisotopic (exact) mass is 669 g/mol. The molecule has 0 spiro atoms. The molecule has 2 unspecified atom stereocenters. The van der Waals surface area contributed by atoms with E-state index in [0.29, 0.717) is 60.5 Å². The summed E-state index contributed by atoms with van der Waals surface area (Å²) in [5.74, 6) is 0.529. The first kappa shape index (κ1) is 32.5. The van der Waals surface area contributed by atoms with Gasteiger partial charge in [-0.3, -0.25) is 14.0 Å². The molecule has 0 saturated carbocycles. The van der Waals surface area contributed by atoms with Crippen LogP contribution in [0.15, 0.2) is 29.3 Å². The number of hydrogen-bond donors (Lipinski definition) is 0. The Labute approximate surface area is 274 Å². The maximum absolute atomic E-state index is 14.4. The third kappa shape index (κ3) is 6.29. The number of fused-ring (bicyclic) bond motifs is 4. The second-order valence-electron chi connectivity index (χ2n) is 14.6. The van der Waals surface area contributed by atoms with Crippen LogP contribution in [-0.4, -0.2) is 93.6 Å². The Bertz CT molecular complexity index is 1840. The van der Waals surface area contributed by atoms with Crippen molar-refractivity contribution in [2.45, 2.75) is 70.9 Å². The van der Waals surface area contributed by atoms with Gasteiger partial charge < -0.3 is 28.6 Å². The third-order valence-electron chi connectivity index (χ3n) is 8.48. The van der Waals surface area contributed by atoms with Gasteiger partial charge in [0.05, 0.1) is 41.2 Å². The van der Waals surface area contributed by atoms with Gasteiger partial charge in [0.2, 0.25) is 5.95 Å². The van der Waals surface area contributed by atoms with Crippen LogP contribution in [0, 0.1) is 0 Å². The van der Waals surface area contributed by atoms with Crippen molar-refractivity contribution >= 4 is 53.7 Å². The Morgan fingerprint density at radius 3 is 2.43 bits per heavy atom. The zero-order chi connectivity index (χ0) is 33.1. The van der Waals surface area contributed by atoms with Gasteiger partial charge >= 0.3 is 6.09 Å². The van der Waals surface area contributed by atoms with Gasteiger partial charge in [0, 0.05) is 70.8 Å². The van der Waals surface area contributed by atoms with E-state index < -0.39 is 13.7 Å². The number of rotatable bonds is 7. The van der Waals surface area contributed by atoms with Gasteiger partial charge in [0.15, 0.2) is 5.65 Å². The standard InChI is InChI=1S/C32H44ClN7O5Si/c1-32(2,3)45-31(42)38-13-20-17-44-18-21(14-38)40(20)30-34-28-26(29(41)37(30)5)23(16-39(28)19-43-11-12-46(6,7)8)22-9-10-25-24(27(22)33)15-36(4)35-25/h9-10,15-16,20-21H,11-14,17-19H2,1-8H3. The smallest absolute Gasteiger partial charge is 0.410 e. The highest BCUT2D eigenvalue weighted by atomic mass is 35.5. The van der Waals surface area contributed by atoms with Gasteiger partial charge in [-0.05, 0) is 32.9 Å². The van der Waals surface area contributed by atoms with Crippen molar-refractivity contribution in [1.82, 2.24) is 28.8 Å². The molecule has 14 heteroatoms. The largest absolute Gasteiger partial charge is 0.444 e. The van der Waals surface area contributed by atoms with Crippen LogP contribution in [0.2, 0.25) is 30.7 Å². The van der Waals surface area contributed by atoms with E-state index in [1.54, 1.807) is 21.2 Å². The summed E-state index contributed by atoms with van der Waals surface area (Å²) >= 11 is 6.98. The van der Waals surface area contributed by atoms with Crippen LogP contribution in [0.25, 0.3) is 33.1 Å². The number of benzene rings is 1. The first-order valence-electron chi connectivity index (χ1n) is 15.7. The van der Waals surface area contributed by atoms with Crippen LogP contribution in [0.5, 0.6) is 0 Å². The summed E-state index contributed by atoms with van der Waals surface area (Å²) in [6.45, 7) is 15.0. The molecule has 4 aromatic rings. The number of aromatic nitrogens is 5. The number of piperazine rings is 1. The third-order valence-corrected chi connectivity index (χ3v) is 10.6. The minimum atomic E-state index is -1.30. The van der Waals surface area contributed by atoms with Crippen molar-refractivity contribution < 1.29 is 19.0 Å². The van der Waals surface area contributed by atoms with Gasteiger partial charge in [-0.15, -0.1) is 0 Å². The van der Waals surface area contributed by atoms with Gasteiger partial charge in [-0.25, -0.2) is 4.79 Å². The van der Waals surface area contributed by atoms with Crippen LogP contribution < -0.4 is 10.5 Å². The van der Waals surface area contributed by atoms with E-state index in [4.69, 9.17) is 30.8 Å². The molecule has 2 aliphatic rings. The molecule has 2 saturated heterocycles. The quantitative estimate of drug-likeness (QED) is 0.198. The topological polar surface area (TPSA) is 109 Å². The lowest BCUT2D eigenvalue weighted by molar-refractivity contribution is -0.0112. The number of amides is 1. The Morgan fingerprint density at radius 1 is 1.09 bits per heavy atom. The van der Waals surface area contributed by atoms with Gasteiger partial charge in [0.25, 0.3) is 5.56 Å². The average Bonchev–Trinajstić information content (AvgIpc) is 3.51. The summed E-state index contributed by atoms with van der Waals surface area (Å²) in [6.07, 6.45) is 3.45. The molecule has 3 aromatic heterocycles. The molecule has 2 aliphatic heterocycles. The lowest BCUT2D eigenvalue weighted by atomic mass is 10.0. The van der Waals surface area contributed by atoms with Crippen molar-refractivity contribution in [2.24, 2.45) is 14.1 Å². The molecule has 0 aliphatic carbocycles. The normalized spacial score (nSPS) is 19.0. The van der Waals surface area contributed by atoms with Crippen molar-refractivity contribution in [3.63, 3.8) is 0 Å². The van der Waals surface area contributed by atoms with Crippen LogP contribution in [0.3, 0.4) is 0 Å². The number of aryl methyl sites for hydroxylation is 1. The molecule has 2 fully saturated rings. The summed E-state index contributed by atoms with van der Waals surface area (Å²) in [6, 6.07) is 4.45. The highest BCUT2D eigenvalue weighted by molar-refractivity contribution is 6.76. The number of ether oxygens (including phenoxy) is 3. The SMILES string of the molecule is Cn1cc2c(Cl)c(-c3cn(COCC[Si](C)(C)C)c4nc(N5C6COCC5CN(C(=O)OC(C)(C)C)C6)n(C)c(=O)c34)ccc2n1. The number of hydrogen-bond acceptors (Lipinski definition) is 8. The Hall–Kier alpha value is -3.39. The zero-order valence-corrected chi connectivity index (χ0v) is 29.7. The van der Waals surface area contributed by atoms with E-state index in [-0.39, 0.29) is 30.5 Å². The molecule has 2 atom stereocenters. The van der Waals surface area contributed by atoms with Crippen LogP contribution in [0.4, 0.5) is 10.7 Å². The fourth-order valence-electron chi connectivity index (χ4n) is 6.23. The molecule has 1 aromatic carbocycles. The average molecular weight is 670 g/mol. The second kappa shape index (κ2) is 12.0. The molecule has 0 radical (unpaired) electrons. The van der Waals surface area contributed by atoms with Crippen molar-refractivity contribution in [1.29, 1.82) is 0 Å². The maximum Gasteiger partial charge on any atom is 0.410 e. The molecular formula is C32H44ClN7O5Si. The number of morpholine rings is 1. The summed E-state index contributed by atoms with van der Waals surface area (Å²) in [7, 11) is 2.30. The summed E-state index contributed by atoms with van der Waals surface area (Å²) in [5.41, 5.74) is 1.94. The number of nitrogens with zero attached hydrogens (tertiary/aromatic N) is 7. The number of anilines is 1. The lowest BCUT2D eigenvalue weighted by Crippen LogP contribution is -2.67. The minimum absolute atomic E-state index is 0.188. The molecule has 6 rings (SSSR count). The van der Waals surface area contributed by atoms with E-state index in [2.05, 4.69) is 29.6 Å². The lowest BCUT2D eigenvalue weighted by Gasteiger charge is -2.50. The van der Waals surface area contributed by atoms with Crippen LogP contribution in [0.1, 0.15) is 20.8 Å². The fraction of sp³-hybridized carbons (Fsp3) is 0.562. The van der Waals surface area contributed by atoms with Crippen LogP contribution >= 0.6 is 11.6 Å². The van der Waals surface area contributed by atoms with Crippen molar-refractivity contribution in [2.75, 3.05) is 37.8 Å². The summed E-state index contributed by atoms with van der Waals surface area (Å²) in [4.78, 5) is 36.4. The molecule has 0 N–H and O–H groups in total. The molecule has 248 valence electrons. The predicted molar refractivity (Wildman–Crippen MR) is 182 cm³/mol. The fourth-order valence-corrected chi connectivity index (χ4v) is 7.30. The Morgan fingerprint density at radius 2 is 1.78 bits per heavy atom. The molecule has 5 heterocycles. The minimum Gasteiger partial charge on any atom is -0.444 e. The van der Waals surface area contributed by atoms with Gasteiger partial charge in [0.1, 0.15) is 12.3 Å². The zero-order valence-electron chi connectivity index (χ0n) is 28.0. The van der Waals surface area contributed by atoms with Gasteiger partial charge in [-0.1, -0.05) is 37.3 Å². The van der Waals surface area contributed by atoms with Gasteiger partial charge in [-0.2, -0.15) is 10.1 Å². The first-order valence-corrected chi connectivity index (χ1v) is 19.8. The molecule has 1 amide bonds. The summed E-state index contributed by atoms with van der Waals surface area (Å²) in [5, 5.41) is 6.30.